The summed E-state index contributed by atoms with van der Waals surface area (Å²) in [6.07, 6.45) is 2.31. The minimum atomic E-state index is -0.288. The van der Waals surface area contributed by atoms with Gasteiger partial charge in [0.15, 0.2) is 5.13 Å². The van der Waals surface area contributed by atoms with Gasteiger partial charge in [0, 0.05) is 11.9 Å². The average molecular weight is 265 g/mol. The third kappa shape index (κ3) is 2.21. The second-order valence-corrected chi connectivity index (χ2v) is 5.10. The lowest BCUT2D eigenvalue weighted by atomic mass is 10.3. The van der Waals surface area contributed by atoms with E-state index in [2.05, 4.69) is 15.4 Å². The Balaban J connectivity index is 2.21. The van der Waals surface area contributed by atoms with Gasteiger partial charge >= 0.3 is 0 Å². The summed E-state index contributed by atoms with van der Waals surface area (Å²) in [7, 11) is 1.68. The number of nitrogens with two attached hydrogens (primary N) is 1. The Hall–Kier alpha value is -1.89. The van der Waals surface area contributed by atoms with Crippen molar-refractivity contribution in [3.05, 3.63) is 22.5 Å². The van der Waals surface area contributed by atoms with E-state index in [9.17, 15) is 4.79 Å². The number of nitrogens with zero attached hydrogens (tertiary/aromatic N) is 3. The lowest BCUT2D eigenvalue weighted by Gasteiger charge is -2.02. The summed E-state index contributed by atoms with van der Waals surface area (Å²) in [5.74, 6) is -0.288. The SMILES string of the molecule is CCc1nc(NC(=O)c2c(N)cnn2C)sc1C. The van der Waals surface area contributed by atoms with Crippen molar-refractivity contribution in [3.8, 4) is 0 Å². The molecule has 0 atom stereocenters. The standard InChI is InChI=1S/C11H15N5OS/c1-4-8-6(2)18-11(14-8)15-10(17)9-7(12)5-13-16(9)3/h5H,4,12H2,1-3H3,(H,14,15,17). The van der Waals surface area contributed by atoms with Gasteiger partial charge in [0.25, 0.3) is 5.91 Å². The molecule has 0 spiro atoms. The van der Waals surface area contributed by atoms with Crippen molar-refractivity contribution in [2.24, 2.45) is 7.05 Å². The first-order valence-electron chi connectivity index (χ1n) is 5.58. The summed E-state index contributed by atoms with van der Waals surface area (Å²) in [5.41, 5.74) is 7.41. The lowest BCUT2D eigenvalue weighted by molar-refractivity contribution is 0.101. The van der Waals surface area contributed by atoms with E-state index in [1.807, 2.05) is 13.8 Å². The zero-order chi connectivity index (χ0) is 13.3. The predicted octanol–water partition coefficient (Wildman–Crippen LogP) is 1.58. The quantitative estimate of drug-likeness (QED) is 0.882. The maximum absolute atomic E-state index is 12.0. The molecule has 0 saturated heterocycles. The molecule has 2 aromatic rings. The molecular weight excluding hydrogens is 250 g/mol. The molecule has 0 aliphatic carbocycles. The van der Waals surface area contributed by atoms with Crippen LogP contribution in [-0.2, 0) is 13.5 Å². The summed E-state index contributed by atoms with van der Waals surface area (Å²) in [4.78, 5) is 17.5. The fourth-order valence-electron chi connectivity index (χ4n) is 1.70. The van der Waals surface area contributed by atoms with Crippen LogP contribution in [0.1, 0.15) is 28.0 Å². The Morgan fingerprint density at radius 3 is 2.83 bits per heavy atom. The average Bonchev–Trinajstić information content (AvgIpc) is 2.82. The molecule has 3 N–H and O–H groups in total. The minimum Gasteiger partial charge on any atom is -0.396 e. The van der Waals surface area contributed by atoms with Crippen LogP contribution in [-0.4, -0.2) is 20.7 Å². The lowest BCUT2D eigenvalue weighted by Crippen LogP contribution is -2.17. The van der Waals surface area contributed by atoms with Gasteiger partial charge in [-0.15, -0.1) is 11.3 Å². The highest BCUT2D eigenvalue weighted by molar-refractivity contribution is 7.15. The zero-order valence-electron chi connectivity index (χ0n) is 10.5. The van der Waals surface area contributed by atoms with E-state index in [4.69, 9.17) is 5.73 Å². The molecule has 0 saturated carbocycles. The van der Waals surface area contributed by atoms with Crippen molar-refractivity contribution in [3.63, 3.8) is 0 Å². The molecule has 2 aromatic heterocycles. The molecule has 2 heterocycles. The highest BCUT2D eigenvalue weighted by atomic mass is 32.1. The van der Waals surface area contributed by atoms with Crippen LogP contribution in [0.2, 0.25) is 0 Å². The molecule has 18 heavy (non-hydrogen) atoms. The van der Waals surface area contributed by atoms with Crippen molar-refractivity contribution < 1.29 is 4.79 Å². The van der Waals surface area contributed by atoms with Gasteiger partial charge < -0.3 is 5.73 Å². The Bertz CT molecular complexity index is 567. The monoisotopic (exact) mass is 265 g/mol. The first kappa shape index (κ1) is 12.6. The fraction of sp³-hybridized carbons (Fsp3) is 0.364. The van der Waals surface area contributed by atoms with Gasteiger partial charge in [-0.2, -0.15) is 5.10 Å². The molecule has 0 radical (unpaired) electrons. The first-order valence-corrected chi connectivity index (χ1v) is 6.39. The van der Waals surface area contributed by atoms with Crippen LogP contribution >= 0.6 is 11.3 Å². The second-order valence-electron chi connectivity index (χ2n) is 3.90. The molecule has 7 heteroatoms. The third-order valence-electron chi connectivity index (χ3n) is 2.63. The van der Waals surface area contributed by atoms with E-state index in [0.717, 1.165) is 17.0 Å². The highest BCUT2D eigenvalue weighted by Crippen LogP contribution is 2.23. The van der Waals surface area contributed by atoms with Crippen LogP contribution in [0, 0.1) is 6.92 Å². The topological polar surface area (TPSA) is 85.8 Å². The van der Waals surface area contributed by atoms with Crippen LogP contribution < -0.4 is 11.1 Å². The van der Waals surface area contributed by atoms with E-state index in [0.29, 0.717) is 16.5 Å². The van der Waals surface area contributed by atoms with Gasteiger partial charge in [0.2, 0.25) is 0 Å². The van der Waals surface area contributed by atoms with Crippen LogP contribution in [0.25, 0.3) is 0 Å². The molecule has 0 aromatic carbocycles. The van der Waals surface area contributed by atoms with Crippen LogP contribution in [0.5, 0.6) is 0 Å². The van der Waals surface area contributed by atoms with Crippen molar-refractivity contribution in [2.75, 3.05) is 11.1 Å². The maximum Gasteiger partial charge on any atom is 0.277 e. The maximum atomic E-state index is 12.0. The van der Waals surface area contributed by atoms with Crippen molar-refractivity contribution in [1.29, 1.82) is 0 Å². The summed E-state index contributed by atoms with van der Waals surface area (Å²) in [6, 6.07) is 0. The van der Waals surface area contributed by atoms with Gasteiger partial charge in [-0.25, -0.2) is 4.98 Å². The van der Waals surface area contributed by atoms with Crippen molar-refractivity contribution in [1.82, 2.24) is 14.8 Å². The molecule has 2 rings (SSSR count). The number of nitrogens with one attached hydrogen (secondary N) is 1. The van der Waals surface area contributed by atoms with E-state index in [-0.39, 0.29) is 5.91 Å². The summed E-state index contributed by atoms with van der Waals surface area (Å²) in [5, 5.41) is 7.27. The van der Waals surface area contributed by atoms with Crippen molar-refractivity contribution >= 4 is 28.1 Å². The zero-order valence-corrected chi connectivity index (χ0v) is 11.3. The third-order valence-corrected chi connectivity index (χ3v) is 3.56. The first-order chi connectivity index (χ1) is 8.52. The number of carbonyl (C=O) groups excluding carboxylic acids is 1. The van der Waals surface area contributed by atoms with E-state index in [1.165, 1.54) is 22.2 Å². The number of hydrogen-bond acceptors (Lipinski definition) is 5. The number of anilines is 2. The molecule has 1 amide bonds. The number of carbonyl (C=O) groups is 1. The van der Waals surface area contributed by atoms with Gasteiger partial charge in [-0.3, -0.25) is 14.8 Å². The normalized spacial score (nSPS) is 10.6. The number of aryl methyl sites for hydroxylation is 3. The van der Waals surface area contributed by atoms with Gasteiger partial charge in [0.1, 0.15) is 5.69 Å². The minimum absolute atomic E-state index is 0.288. The fourth-order valence-corrected chi connectivity index (χ4v) is 2.60. The molecule has 0 unspecified atom stereocenters. The Kier molecular flexibility index (Phi) is 3.33. The summed E-state index contributed by atoms with van der Waals surface area (Å²) < 4.78 is 1.45. The van der Waals surface area contributed by atoms with Crippen LogP contribution in [0.15, 0.2) is 6.20 Å². The van der Waals surface area contributed by atoms with Crippen LogP contribution in [0.4, 0.5) is 10.8 Å². The largest absolute Gasteiger partial charge is 0.396 e. The highest BCUT2D eigenvalue weighted by Gasteiger charge is 2.17. The van der Waals surface area contributed by atoms with Gasteiger partial charge in [-0.1, -0.05) is 6.92 Å². The Morgan fingerprint density at radius 1 is 1.61 bits per heavy atom. The van der Waals surface area contributed by atoms with E-state index >= 15 is 0 Å². The number of aromatic nitrogens is 3. The summed E-state index contributed by atoms with van der Waals surface area (Å²) in [6.45, 7) is 4.03. The number of nitrogen functional groups attached to an aromatic ring is 1. The number of amides is 1. The van der Waals surface area contributed by atoms with E-state index in [1.54, 1.807) is 7.05 Å². The molecule has 0 bridgehead atoms. The second kappa shape index (κ2) is 4.77. The Morgan fingerprint density at radius 2 is 2.33 bits per heavy atom. The van der Waals surface area contributed by atoms with Gasteiger partial charge in [-0.05, 0) is 13.3 Å². The number of rotatable bonds is 3. The van der Waals surface area contributed by atoms with E-state index < -0.39 is 0 Å². The van der Waals surface area contributed by atoms with Gasteiger partial charge in [0.05, 0.1) is 17.6 Å². The van der Waals surface area contributed by atoms with Crippen molar-refractivity contribution in [2.45, 2.75) is 20.3 Å². The molecule has 96 valence electrons. The van der Waals surface area contributed by atoms with Crippen LogP contribution in [0.3, 0.4) is 0 Å². The number of hydrogen-bond donors (Lipinski definition) is 2. The molecular formula is C11H15N5OS. The smallest absolute Gasteiger partial charge is 0.277 e. The summed E-state index contributed by atoms with van der Waals surface area (Å²) >= 11 is 1.46. The molecule has 6 nitrogen and oxygen atoms in total. The number of thiazole rings is 1. The molecule has 0 aliphatic heterocycles. The predicted molar refractivity (Wildman–Crippen MR) is 71.8 cm³/mol. The Labute approximate surface area is 109 Å². The molecule has 0 aliphatic rings. The molecule has 0 fully saturated rings.